The number of hydrogen-bond acceptors (Lipinski definition) is 6. The van der Waals surface area contributed by atoms with Crippen molar-refractivity contribution in [2.24, 2.45) is 0 Å². The highest BCUT2D eigenvalue weighted by Crippen LogP contribution is 2.32. The van der Waals surface area contributed by atoms with E-state index >= 15 is 0 Å². The lowest BCUT2D eigenvalue weighted by molar-refractivity contribution is -0.303. The lowest BCUT2D eigenvalue weighted by Gasteiger charge is -2.17. The van der Waals surface area contributed by atoms with E-state index in [1.807, 2.05) is 4.72 Å². The molecule has 0 spiro atoms. The fraction of sp³-hybridized carbons (Fsp3) is 0.200. The van der Waals surface area contributed by atoms with Gasteiger partial charge < -0.3 is 15.2 Å². The van der Waals surface area contributed by atoms with Crippen LogP contribution >= 0.6 is 11.8 Å². The third-order valence-electron chi connectivity index (χ3n) is 2.30. The van der Waals surface area contributed by atoms with Crippen molar-refractivity contribution in [2.75, 3.05) is 17.6 Å². The van der Waals surface area contributed by atoms with E-state index in [2.05, 4.69) is 5.32 Å². The molecule has 19 heavy (non-hydrogen) atoms. The zero-order chi connectivity index (χ0) is 14.0. The fourth-order valence-corrected chi connectivity index (χ4v) is 3.25. The molecule has 1 amide bonds. The van der Waals surface area contributed by atoms with Crippen LogP contribution in [-0.4, -0.2) is 32.6 Å². The van der Waals surface area contributed by atoms with Gasteiger partial charge in [-0.2, -0.15) is 0 Å². The highest BCUT2D eigenvalue weighted by atomic mass is 32.2. The number of aliphatic carboxylic acids is 1. The zero-order valence-corrected chi connectivity index (χ0v) is 11.1. The number of nitrogens with one attached hydrogen (secondary N) is 2. The maximum Gasteiger partial charge on any atom is 0.240 e. The monoisotopic (exact) mass is 301 g/mol. The van der Waals surface area contributed by atoms with Crippen LogP contribution in [0.4, 0.5) is 5.69 Å². The Morgan fingerprint density at radius 2 is 2.21 bits per heavy atom. The Bertz CT molecular complexity index is 641. The minimum absolute atomic E-state index is 0.115. The lowest BCUT2D eigenvalue weighted by atomic mass is 10.3. The highest BCUT2D eigenvalue weighted by molar-refractivity contribution is 8.00. The molecule has 0 unspecified atom stereocenters. The van der Waals surface area contributed by atoms with Gasteiger partial charge in [-0.15, -0.1) is 11.8 Å². The van der Waals surface area contributed by atoms with Crippen LogP contribution in [0.2, 0.25) is 0 Å². The van der Waals surface area contributed by atoms with Crippen molar-refractivity contribution in [3.8, 4) is 0 Å². The van der Waals surface area contributed by atoms with Crippen LogP contribution in [0.15, 0.2) is 28.0 Å². The number of hydrogen-bond donors (Lipinski definition) is 2. The molecule has 1 aliphatic heterocycles. The standard InChI is InChI=1S/C10H10N2O5S2/c13-9-5-18-8-2-1-6(3-7(8)12-9)19(16,17)11-4-10(14)15/h1-3,11H,4-5H2,(H,12,13)(H,14,15)/p-1. The molecule has 2 N–H and O–H groups in total. The van der Waals surface area contributed by atoms with Crippen LogP contribution in [0, 0.1) is 0 Å². The predicted molar refractivity (Wildman–Crippen MR) is 66.0 cm³/mol. The van der Waals surface area contributed by atoms with Crippen molar-refractivity contribution < 1.29 is 23.1 Å². The Balaban J connectivity index is 2.28. The molecule has 0 bridgehead atoms. The van der Waals surface area contributed by atoms with Crippen LogP contribution < -0.4 is 15.1 Å². The number of rotatable bonds is 4. The smallest absolute Gasteiger partial charge is 0.240 e. The van der Waals surface area contributed by atoms with Gasteiger partial charge in [-0.1, -0.05) is 0 Å². The quantitative estimate of drug-likeness (QED) is 0.718. The molecule has 1 aromatic rings. The van der Waals surface area contributed by atoms with Gasteiger partial charge in [0.25, 0.3) is 0 Å². The maximum absolute atomic E-state index is 11.8. The van der Waals surface area contributed by atoms with Crippen LogP contribution in [0.25, 0.3) is 0 Å². The highest BCUT2D eigenvalue weighted by Gasteiger charge is 2.20. The first-order chi connectivity index (χ1) is 8.88. The second-order valence-electron chi connectivity index (χ2n) is 3.69. The number of benzene rings is 1. The summed E-state index contributed by atoms with van der Waals surface area (Å²) in [5.74, 6) is -1.46. The first-order valence-corrected chi connectivity index (χ1v) is 7.61. The van der Waals surface area contributed by atoms with Gasteiger partial charge >= 0.3 is 0 Å². The third-order valence-corrected chi connectivity index (χ3v) is 4.77. The molecular formula is C10H9N2O5S2-. The van der Waals surface area contributed by atoms with E-state index in [1.54, 1.807) is 6.07 Å². The van der Waals surface area contributed by atoms with E-state index in [0.717, 1.165) is 4.90 Å². The van der Waals surface area contributed by atoms with E-state index in [4.69, 9.17) is 0 Å². The Hall–Kier alpha value is -1.58. The summed E-state index contributed by atoms with van der Waals surface area (Å²) >= 11 is 1.30. The average Bonchev–Trinajstić information content (AvgIpc) is 2.35. The number of fused-ring (bicyclic) bond motifs is 1. The second-order valence-corrected chi connectivity index (χ2v) is 6.48. The molecule has 0 radical (unpaired) electrons. The summed E-state index contributed by atoms with van der Waals surface area (Å²) in [5.41, 5.74) is 0.401. The number of carboxylic acids is 1. The molecule has 0 atom stereocenters. The number of carboxylic acid groups (broad SMARTS) is 1. The Labute approximate surface area is 113 Å². The predicted octanol–water partition coefficient (Wildman–Crippen LogP) is -1.24. The van der Waals surface area contributed by atoms with Crippen LogP contribution in [-0.2, 0) is 19.6 Å². The fourth-order valence-electron chi connectivity index (χ4n) is 1.47. The maximum atomic E-state index is 11.8. The van der Waals surface area contributed by atoms with Gasteiger partial charge in [0, 0.05) is 4.90 Å². The number of carbonyl (C=O) groups excluding carboxylic acids is 2. The number of sulfonamides is 1. The van der Waals surface area contributed by atoms with Gasteiger partial charge in [0.1, 0.15) is 0 Å². The van der Waals surface area contributed by atoms with Gasteiger partial charge in [-0.05, 0) is 18.2 Å². The Morgan fingerprint density at radius 1 is 1.47 bits per heavy atom. The third kappa shape index (κ3) is 3.25. The molecule has 0 saturated heterocycles. The summed E-state index contributed by atoms with van der Waals surface area (Å²) in [5, 5.41) is 12.8. The van der Waals surface area contributed by atoms with Crippen LogP contribution in [0.5, 0.6) is 0 Å². The van der Waals surface area contributed by atoms with Gasteiger partial charge in [0.05, 0.1) is 28.8 Å². The summed E-state index contributed by atoms with van der Waals surface area (Å²) in [6.45, 7) is -0.805. The molecule has 1 aromatic carbocycles. The van der Waals surface area contributed by atoms with Crippen molar-refractivity contribution in [2.45, 2.75) is 9.79 Å². The molecule has 1 heterocycles. The van der Waals surface area contributed by atoms with E-state index in [-0.39, 0.29) is 16.6 Å². The molecule has 1 aliphatic rings. The van der Waals surface area contributed by atoms with Gasteiger partial charge in [0.2, 0.25) is 15.9 Å². The van der Waals surface area contributed by atoms with Crippen molar-refractivity contribution in [3.05, 3.63) is 18.2 Å². The van der Waals surface area contributed by atoms with Gasteiger partial charge in [0.15, 0.2) is 0 Å². The van der Waals surface area contributed by atoms with Crippen molar-refractivity contribution in [3.63, 3.8) is 0 Å². The van der Waals surface area contributed by atoms with Gasteiger partial charge in [-0.3, -0.25) is 4.79 Å². The summed E-state index contributed by atoms with van der Waals surface area (Å²) in [7, 11) is -3.94. The van der Waals surface area contributed by atoms with E-state index in [0.29, 0.717) is 5.69 Å². The summed E-state index contributed by atoms with van der Waals surface area (Å²) in [6, 6.07) is 4.20. The van der Waals surface area contributed by atoms with E-state index < -0.39 is 22.5 Å². The Morgan fingerprint density at radius 3 is 2.89 bits per heavy atom. The SMILES string of the molecule is O=C([O-])CNS(=O)(=O)c1ccc2c(c1)NC(=O)CS2. The first-order valence-electron chi connectivity index (χ1n) is 5.15. The molecule has 0 aromatic heterocycles. The number of carbonyl (C=O) groups is 2. The summed E-state index contributed by atoms with van der Waals surface area (Å²) in [4.78, 5) is 22.1. The van der Waals surface area contributed by atoms with Crippen molar-refractivity contribution in [1.29, 1.82) is 0 Å². The van der Waals surface area contributed by atoms with Crippen LogP contribution in [0.1, 0.15) is 0 Å². The minimum Gasteiger partial charge on any atom is -0.549 e. The first kappa shape index (κ1) is 13.8. The van der Waals surface area contributed by atoms with E-state index in [1.165, 1.54) is 23.9 Å². The molecule has 0 saturated carbocycles. The largest absolute Gasteiger partial charge is 0.549 e. The topological polar surface area (TPSA) is 115 Å². The molecule has 2 rings (SSSR count). The summed E-state index contributed by atoms with van der Waals surface area (Å²) in [6.07, 6.45) is 0. The molecular weight excluding hydrogens is 292 g/mol. The minimum atomic E-state index is -3.94. The zero-order valence-electron chi connectivity index (χ0n) is 9.50. The molecule has 102 valence electrons. The number of thioether (sulfide) groups is 1. The lowest BCUT2D eigenvalue weighted by Crippen LogP contribution is -2.37. The average molecular weight is 301 g/mol. The molecule has 7 nitrogen and oxygen atoms in total. The normalized spacial score (nSPS) is 14.6. The number of amides is 1. The van der Waals surface area contributed by atoms with Crippen molar-refractivity contribution in [1.82, 2.24) is 4.72 Å². The molecule has 0 fully saturated rings. The van der Waals surface area contributed by atoms with Crippen LogP contribution in [0.3, 0.4) is 0 Å². The summed E-state index contributed by atoms with van der Waals surface area (Å²) < 4.78 is 25.4. The second kappa shape index (κ2) is 5.19. The molecule has 9 heteroatoms. The Kier molecular flexibility index (Phi) is 3.78. The van der Waals surface area contributed by atoms with E-state index in [9.17, 15) is 23.1 Å². The molecule has 0 aliphatic carbocycles. The number of anilines is 1. The van der Waals surface area contributed by atoms with Gasteiger partial charge in [-0.25, -0.2) is 13.1 Å². The van der Waals surface area contributed by atoms with Crippen molar-refractivity contribution >= 4 is 39.3 Å².